The lowest BCUT2D eigenvalue weighted by molar-refractivity contribution is 0.374. The quantitative estimate of drug-likeness (QED) is 0.364. The summed E-state index contributed by atoms with van der Waals surface area (Å²) in [5.74, 6) is 3.47. The summed E-state index contributed by atoms with van der Waals surface area (Å²) in [5.41, 5.74) is 1.29. The molecule has 2 rings (SSSR count). The predicted octanol–water partition coefficient (Wildman–Crippen LogP) is 1.64. The molecule has 0 bridgehead atoms. The standard InChI is InChI=1S/C15H20N4.HI/c1-3-9-17-15(16-2)19-12-10-18(11-13-19)14-7-5-4-6-8-14;/h1,4-8H,9-13H2,2H3,(H,16,17);1H. The molecule has 0 amide bonds. The average Bonchev–Trinajstić information content (AvgIpc) is 2.49. The van der Waals surface area contributed by atoms with Crippen LogP contribution >= 0.6 is 24.0 Å². The zero-order chi connectivity index (χ0) is 13.5. The summed E-state index contributed by atoms with van der Waals surface area (Å²) >= 11 is 0. The molecule has 1 aliphatic heterocycles. The van der Waals surface area contributed by atoms with Crippen molar-refractivity contribution in [1.82, 2.24) is 10.2 Å². The molecule has 1 aromatic rings. The van der Waals surface area contributed by atoms with Gasteiger partial charge in [0.1, 0.15) is 0 Å². The van der Waals surface area contributed by atoms with Crippen LogP contribution in [0.2, 0.25) is 0 Å². The molecule has 1 N–H and O–H groups in total. The number of aliphatic imine (C=N–C) groups is 1. The Kier molecular flexibility index (Phi) is 7.23. The summed E-state index contributed by atoms with van der Waals surface area (Å²) in [6.07, 6.45) is 5.26. The van der Waals surface area contributed by atoms with Crippen LogP contribution in [0.3, 0.4) is 0 Å². The van der Waals surface area contributed by atoms with E-state index < -0.39 is 0 Å². The number of rotatable bonds is 2. The number of nitrogens with one attached hydrogen (secondary N) is 1. The number of benzene rings is 1. The van der Waals surface area contributed by atoms with Crippen LogP contribution in [0.5, 0.6) is 0 Å². The third kappa shape index (κ3) is 4.30. The van der Waals surface area contributed by atoms with Crippen LogP contribution in [0.25, 0.3) is 0 Å². The van der Waals surface area contributed by atoms with E-state index in [0.29, 0.717) is 6.54 Å². The van der Waals surface area contributed by atoms with Gasteiger partial charge in [0.05, 0.1) is 6.54 Å². The minimum Gasteiger partial charge on any atom is -0.368 e. The van der Waals surface area contributed by atoms with Gasteiger partial charge in [0.25, 0.3) is 0 Å². The number of terminal acetylenes is 1. The Morgan fingerprint density at radius 2 is 1.90 bits per heavy atom. The van der Waals surface area contributed by atoms with Gasteiger partial charge in [-0.3, -0.25) is 4.99 Å². The van der Waals surface area contributed by atoms with Crippen molar-refractivity contribution in [3.63, 3.8) is 0 Å². The van der Waals surface area contributed by atoms with Gasteiger partial charge in [-0.25, -0.2) is 0 Å². The van der Waals surface area contributed by atoms with Crippen LogP contribution in [0.15, 0.2) is 35.3 Å². The van der Waals surface area contributed by atoms with Crippen LogP contribution in [0.4, 0.5) is 5.69 Å². The molecule has 5 heteroatoms. The number of para-hydroxylation sites is 1. The molecule has 1 heterocycles. The van der Waals surface area contributed by atoms with Gasteiger partial charge in [-0.1, -0.05) is 24.1 Å². The largest absolute Gasteiger partial charge is 0.368 e. The number of guanidine groups is 1. The van der Waals surface area contributed by atoms with E-state index in [2.05, 4.69) is 50.3 Å². The SMILES string of the molecule is C#CCNC(=NC)N1CCN(c2ccccc2)CC1.I. The third-order valence-corrected chi connectivity index (χ3v) is 3.26. The fraction of sp³-hybridized carbons (Fsp3) is 0.400. The molecule has 1 aliphatic rings. The summed E-state index contributed by atoms with van der Waals surface area (Å²) in [5, 5.41) is 3.16. The first-order valence-corrected chi connectivity index (χ1v) is 6.54. The van der Waals surface area contributed by atoms with Gasteiger partial charge in [0, 0.05) is 38.9 Å². The normalized spacial score (nSPS) is 15.3. The van der Waals surface area contributed by atoms with E-state index >= 15 is 0 Å². The Morgan fingerprint density at radius 1 is 1.25 bits per heavy atom. The number of nitrogens with zero attached hydrogens (tertiary/aromatic N) is 3. The molecular formula is C15H21IN4. The summed E-state index contributed by atoms with van der Waals surface area (Å²) in [7, 11) is 1.79. The Labute approximate surface area is 138 Å². The molecule has 0 aliphatic carbocycles. The molecule has 0 atom stereocenters. The minimum absolute atomic E-state index is 0. The molecular weight excluding hydrogens is 363 g/mol. The molecule has 0 unspecified atom stereocenters. The second-order valence-corrected chi connectivity index (χ2v) is 4.41. The molecule has 0 spiro atoms. The molecule has 1 saturated heterocycles. The van der Waals surface area contributed by atoms with Crippen LogP contribution < -0.4 is 10.2 Å². The van der Waals surface area contributed by atoms with Gasteiger partial charge in [-0.2, -0.15) is 0 Å². The van der Waals surface area contributed by atoms with Crippen molar-refractivity contribution in [1.29, 1.82) is 0 Å². The topological polar surface area (TPSA) is 30.9 Å². The van der Waals surface area contributed by atoms with E-state index in [-0.39, 0.29) is 24.0 Å². The fourth-order valence-electron chi connectivity index (χ4n) is 2.28. The van der Waals surface area contributed by atoms with Crippen molar-refractivity contribution in [3.8, 4) is 12.3 Å². The Balaban J connectivity index is 0.00000200. The monoisotopic (exact) mass is 384 g/mol. The van der Waals surface area contributed by atoms with Crippen molar-refractivity contribution in [3.05, 3.63) is 30.3 Å². The molecule has 4 nitrogen and oxygen atoms in total. The molecule has 20 heavy (non-hydrogen) atoms. The maximum atomic E-state index is 5.26. The Morgan fingerprint density at radius 3 is 2.45 bits per heavy atom. The van der Waals surface area contributed by atoms with E-state index in [1.54, 1.807) is 7.05 Å². The molecule has 0 saturated carbocycles. The lowest BCUT2D eigenvalue weighted by Crippen LogP contribution is -2.52. The molecule has 1 fully saturated rings. The third-order valence-electron chi connectivity index (χ3n) is 3.26. The van der Waals surface area contributed by atoms with Gasteiger partial charge in [0.2, 0.25) is 0 Å². The summed E-state index contributed by atoms with van der Waals surface area (Å²) in [6.45, 7) is 4.44. The number of hydrogen-bond donors (Lipinski definition) is 1. The molecule has 0 radical (unpaired) electrons. The smallest absolute Gasteiger partial charge is 0.194 e. The highest BCUT2D eigenvalue weighted by atomic mass is 127. The van der Waals surface area contributed by atoms with Gasteiger partial charge in [0.15, 0.2) is 5.96 Å². The van der Waals surface area contributed by atoms with Crippen LogP contribution in [-0.4, -0.2) is 50.6 Å². The number of anilines is 1. The maximum Gasteiger partial charge on any atom is 0.194 e. The average molecular weight is 384 g/mol. The number of piperazine rings is 1. The Hall–Kier alpha value is -1.42. The van der Waals surface area contributed by atoms with Crippen LogP contribution in [0, 0.1) is 12.3 Å². The fourth-order valence-corrected chi connectivity index (χ4v) is 2.28. The number of halogens is 1. The zero-order valence-electron chi connectivity index (χ0n) is 11.7. The van der Waals surface area contributed by atoms with Crippen LogP contribution in [0.1, 0.15) is 0 Å². The summed E-state index contributed by atoms with van der Waals surface area (Å²) < 4.78 is 0. The van der Waals surface area contributed by atoms with Crippen molar-refractivity contribution in [2.75, 3.05) is 44.7 Å². The second kappa shape index (κ2) is 8.69. The first kappa shape index (κ1) is 16.6. The van der Waals surface area contributed by atoms with Crippen molar-refractivity contribution in [2.24, 2.45) is 4.99 Å². The molecule has 108 valence electrons. The minimum atomic E-state index is 0. The van der Waals surface area contributed by atoms with Gasteiger partial charge in [-0.15, -0.1) is 30.4 Å². The van der Waals surface area contributed by atoms with E-state index in [1.807, 2.05) is 6.07 Å². The lowest BCUT2D eigenvalue weighted by atomic mass is 10.2. The van der Waals surface area contributed by atoms with Gasteiger partial charge >= 0.3 is 0 Å². The summed E-state index contributed by atoms with van der Waals surface area (Å²) in [6, 6.07) is 10.5. The predicted molar refractivity (Wildman–Crippen MR) is 95.8 cm³/mol. The first-order valence-electron chi connectivity index (χ1n) is 6.54. The first-order chi connectivity index (χ1) is 9.35. The van der Waals surface area contributed by atoms with Crippen molar-refractivity contribution >= 4 is 35.6 Å². The van der Waals surface area contributed by atoms with Gasteiger partial charge in [-0.05, 0) is 12.1 Å². The Bertz CT molecular complexity index is 459. The van der Waals surface area contributed by atoms with Gasteiger partial charge < -0.3 is 15.1 Å². The second-order valence-electron chi connectivity index (χ2n) is 4.41. The number of hydrogen-bond acceptors (Lipinski definition) is 2. The molecule has 1 aromatic carbocycles. The van der Waals surface area contributed by atoms with E-state index in [0.717, 1.165) is 32.1 Å². The maximum absolute atomic E-state index is 5.26. The molecule has 0 aromatic heterocycles. The van der Waals surface area contributed by atoms with Crippen LogP contribution in [-0.2, 0) is 0 Å². The highest BCUT2D eigenvalue weighted by Crippen LogP contribution is 2.15. The zero-order valence-corrected chi connectivity index (χ0v) is 14.1. The van der Waals surface area contributed by atoms with E-state index in [1.165, 1.54) is 5.69 Å². The highest BCUT2D eigenvalue weighted by molar-refractivity contribution is 14.0. The highest BCUT2D eigenvalue weighted by Gasteiger charge is 2.19. The van der Waals surface area contributed by atoms with E-state index in [9.17, 15) is 0 Å². The van der Waals surface area contributed by atoms with Crippen molar-refractivity contribution < 1.29 is 0 Å². The van der Waals surface area contributed by atoms with E-state index in [4.69, 9.17) is 6.42 Å². The summed E-state index contributed by atoms with van der Waals surface area (Å²) in [4.78, 5) is 8.91. The van der Waals surface area contributed by atoms with Crippen molar-refractivity contribution in [2.45, 2.75) is 0 Å². The lowest BCUT2D eigenvalue weighted by Gasteiger charge is -2.37.